The molecule has 27 heavy (non-hydrogen) atoms. The van der Waals surface area contributed by atoms with Crippen molar-refractivity contribution in [2.24, 2.45) is 0 Å². The van der Waals surface area contributed by atoms with Gasteiger partial charge in [0.2, 0.25) is 10.0 Å². The summed E-state index contributed by atoms with van der Waals surface area (Å²) in [5, 5.41) is -0.198. The first-order chi connectivity index (χ1) is 12.6. The quantitative estimate of drug-likeness (QED) is 0.750. The Bertz CT molecular complexity index is 963. The molecule has 0 saturated heterocycles. The van der Waals surface area contributed by atoms with E-state index in [0.29, 0.717) is 36.3 Å². The highest BCUT2D eigenvalue weighted by Gasteiger charge is 2.38. The summed E-state index contributed by atoms with van der Waals surface area (Å²) in [7, 11) is -3.20. The molecule has 0 unspecified atom stereocenters. The zero-order valence-electron chi connectivity index (χ0n) is 14.1. The number of alkyl halides is 3. The molecule has 0 aliphatic carbocycles. The molecule has 0 spiro atoms. The van der Waals surface area contributed by atoms with E-state index in [1.807, 2.05) is 0 Å². The van der Waals surface area contributed by atoms with E-state index in [4.69, 9.17) is 21.1 Å². The van der Waals surface area contributed by atoms with Crippen LogP contribution in [0, 0.1) is 0 Å². The predicted molar refractivity (Wildman–Crippen MR) is 92.5 cm³/mol. The Morgan fingerprint density at radius 3 is 2.41 bits per heavy atom. The molecule has 0 aromatic heterocycles. The van der Waals surface area contributed by atoms with Crippen LogP contribution in [-0.4, -0.2) is 33.0 Å². The number of nitrogens with zero attached hydrogens (tertiary/aromatic N) is 1. The normalized spacial score (nSPS) is 14.4. The molecule has 1 aliphatic heterocycles. The van der Waals surface area contributed by atoms with Gasteiger partial charge in [-0.25, -0.2) is 8.42 Å². The summed E-state index contributed by atoms with van der Waals surface area (Å²) < 4.78 is 76.9. The molecule has 1 aliphatic rings. The molecule has 2 aromatic carbocycles. The maximum absolute atomic E-state index is 13.3. The molecule has 10 heteroatoms. The average Bonchev–Trinajstić information content (AvgIpc) is 2.60. The largest absolute Gasteiger partial charge is 0.486 e. The number of halogens is 4. The number of benzene rings is 2. The van der Waals surface area contributed by atoms with Crippen molar-refractivity contribution in [3.63, 3.8) is 0 Å². The van der Waals surface area contributed by atoms with E-state index in [0.717, 1.165) is 16.4 Å². The van der Waals surface area contributed by atoms with Crippen molar-refractivity contribution in [1.29, 1.82) is 0 Å². The second-order valence-electron chi connectivity index (χ2n) is 5.88. The highest BCUT2D eigenvalue weighted by Crippen LogP contribution is 2.37. The van der Waals surface area contributed by atoms with Crippen molar-refractivity contribution in [3.8, 4) is 11.5 Å². The lowest BCUT2D eigenvalue weighted by Gasteiger charge is -2.22. The van der Waals surface area contributed by atoms with Crippen LogP contribution in [0.25, 0.3) is 0 Å². The minimum absolute atomic E-state index is 0.140. The fourth-order valence-electron chi connectivity index (χ4n) is 2.64. The minimum Gasteiger partial charge on any atom is -0.486 e. The average molecular weight is 422 g/mol. The molecule has 0 saturated carbocycles. The van der Waals surface area contributed by atoms with Gasteiger partial charge in [0.15, 0.2) is 11.5 Å². The third-order valence-electron chi connectivity index (χ3n) is 3.95. The van der Waals surface area contributed by atoms with Crippen molar-refractivity contribution in [2.75, 3.05) is 20.3 Å². The van der Waals surface area contributed by atoms with Gasteiger partial charge in [-0.05, 0) is 35.9 Å². The van der Waals surface area contributed by atoms with Gasteiger partial charge >= 0.3 is 6.18 Å². The summed E-state index contributed by atoms with van der Waals surface area (Å²) in [5.74, 6) is 1.000. The molecule has 3 rings (SSSR count). The molecule has 2 aromatic rings. The van der Waals surface area contributed by atoms with Crippen molar-refractivity contribution >= 4 is 21.6 Å². The Hall–Kier alpha value is -1.97. The van der Waals surface area contributed by atoms with Crippen LogP contribution >= 0.6 is 11.6 Å². The molecule has 1 heterocycles. The van der Waals surface area contributed by atoms with Gasteiger partial charge in [0, 0.05) is 18.6 Å². The number of rotatable bonds is 4. The van der Waals surface area contributed by atoms with Crippen LogP contribution in [0.1, 0.15) is 11.1 Å². The van der Waals surface area contributed by atoms with Gasteiger partial charge in [0.25, 0.3) is 0 Å². The van der Waals surface area contributed by atoms with Gasteiger partial charge in [-0.1, -0.05) is 17.7 Å². The number of fused-ring (bicyclic) bond motifs is 1. The van der Waals surface area contributed by atoms with E-state index in [2.05, 4.69) is 0 Å². The second kappa shape index (κ2) is 7.21. The van der Waals surface area contributed by atoms with Gasteiger partial charge < -0.3 is 9.47 Å². The van der Waals surface area contributed by atoms with Crippen molar-refractivity contribution < 1.29 is 31.1 Å². The summed E-state index contributed by atoms with van der Waals surface area (Å²) in [4.78, 5) is -0.848. The Labute approximate surface area is 159 Å². The van der Waals surface area contributed by atoms with Gasteiger partial charge in [-0.15, -0.1) is 0 Å². The third-order valence-corrected chi connectivity index (χ3v) is 6.04. The standard InChI is InChI=1S/C17H15ClF3NO4S/c1-22(10-11-2-4-14-15(8-11)26-7-6-25-14)27(23,24)16-5-3-12(18)9-13(16)17(19,20)21/h2-5,8-9H,6-7,10H2,1H3. The Morgan fingerprint density at radius 1 is 1.07 bits per heavy atom. The van der Waals surface area contributed by atoms with Crippen molar-refractivity contribution in [1.82, 2.24) is 4.31 Å². The third kappa shape index (κ3) is 4.15. The first-order valence-corrected chi connectivity index (χ1v) is 9.62. The molecule has 0 radical (unpaired) electrons. The van der Waals surface area contributed by atoms with Crippen LogP contribution in [0.15, 0.2) is 41.3 Å². The van der Waals surface area contributed by atoms with Crippen molar-refractivity contribution in [3.05, 3.63) is 52.5 Å². The van der Waals surface area contributed by atoms with Crippen LogP contribution in [0.2, 0.25) is 5.02 Å². The molecule has 146 valence electrons. The summed E-state index contributed by atoms with van der Waals surface area (Å²) in [6.45, 7) is 0.640. The van der Waals surface area contributed by atoms with E-state index in [-0.39, 0.29) is 11.6 Å². The van der Waals surface area contributed by atoms with E-state index >= 15 is 0 Å². The zero-order valence-corrected chi connectivity index (χ0v) is 15.7. The maximum atomic E-state index is 13.3. The van der Waals surface area contributed by atoms with Crippen LogP contribution in [-0.2, 0) is 22.7 Å². The topological polar surface area (TPSA) is 55.8 Å². The first-order valence-electron chi connectivity index (χ1n) is 7.80. The SMILES string of the molecule is CN(Cc1ccc2c(c1)OCCO2)S(=O)(=O)c1ccc(Cl)cc1C(F)(F)F. The number of sulfonamides is 1. The van der Waals surface area contributed by atoms with Crippen LogP contribution in [0.5, 0.6) is 11.5 Å². The fourth-order valence-corrected chi connectivity index (χ4v) is 4.16. The van der Waals surface area contributed by atoms with Crippen LogP contribution < -0.4 is 9.47 Å². The van der Waals surface area contributed by atoms with Crippen LogP contribution in [0.4, 0.5) is 13.2 Å². The molecule has 0 N–H and O–H groups in total. The maximum Gasteiger partial charge on any atom is 0.417 e. The van der Waals surface area contributed by atoms with E-state index in [1.165, 1.54) is 7.05 Å². The summed E-state index contributed by atoms with van der Waals surface area (Å²) in [6.07, 6.45) is -4.86. The van der Waals surface area contributed by atoms with E-state index < -0.39 is 26.7 Å². The summed E-state index contributed by atoms with van der Waals surface area (Å²) >= 11 is 5.62. The Morgan fingerprint density at radius 2 is 1.74 bits per heavy atom. The highest BCUT2D eigenvalue weighted by atomic mass is 35.5. The smallest absolute Gasteiger partial charge is 0.417 e. The number of hydrogen-bond donors (Lipinski definition) is 0. The van der Waals surface area contributed by atoms with E-state index in [9.17, 15) is 21.6 Å². The first kappa shape index (κ1) is 19.8. The van der Waals surface area contributed by atoms with Gasteiger partial charge in [0.05, 0.1) is 10.5 Å². The number of hydrogen-bond acceptors (Lipinski definition) is 4. The lowest BCUT2D eigenvalue weighted by atomic mass is 10.2. The fraction of sp³-hybridized carbons (Fsp3) is 0.294. The lowest BCUT2D eigenvalue weighted by Crippen LogP contribution is -2.28. The zero-order chi connectivity index (χ0) is 19.8. The van der Waals surface area contributed by atoms with E-state index in [1.54, 1.807) is 18.2 Å². The molecule has 0 atom stereocenters. The second-order valence-corrected chi connectivity index (χ2v) is 8.33. The predicted octanol–water partition coefficient (Wildman–Crippen LogP) is 3.95. The highest BCUT2D eigenvalue weighted by molar-refractivity contribution is 7.89. The monoisotopic (exact) mass is 421 g/mol. The van der Waals surface area contributed by atoms with Gasteiger partial charge in [-0.3, -0.25) is 0 Å². The molecular formula is C17H15ClF3NO4S. The lowest BCUT2D eigenvalue weighted by molar-refractivity contribution is -0.139. The van der Waals surface area contributed by atoms with Crippen molar-refractivity contribution in [2.45, 2.75) is 17.6 Å². The molecule has 0 amide bonds. The Kier molecular flexibility index (Phi) is 5.29. The molecular weight excluding hydrogens is 407 g/mol. The molecule has 0 bridgehead atoms. The molecule has 5 nitrogen and oxygen atoms in total. The van der Waals surface area contributed by atoms with Gasteiger partial charge in [-0.2, -0.15) is 17.5 Å². The minimum atomic E-state index is -4.86. The van der Waals surface area contributed by atoms with Gasteiger partial charge in [0.1, 0.15) is 13.2 Å². The number of ether oxygens (including phenoxy) is 2. The Balaban J connectivity index is 1.92. The summed E-state index contributed by atoms with van der Waals surface area (Å²) in [5.41, 5.74) is -0.753. The van der Waals surface area contributed by atoms with Crippen LogP contribution in [0.3, 0.4) is 0 Å². The molecule has 0 fully saturated rings. The summed E-state index contributed by atoms with van der Waals surface area (Å²) in [6, 6.07) is 7.45.